The molecule has 0 aliphatic heterocycles. The quantitative estimate of drug-likeness (QED) is 0.473. The summed E-state index contributed by atoms with van der Waals surface area (Å²) in [5, 5.41) is 21.0. The lowest BCUT2D eigenvalue weighted by molar-refractivity contribution is -0.422. The van der Waals surface area contributed by atoms with Crippen molar-refractivity contribution in [2.45, 2.75) is 6.92 Å². The van der Waals surface area contributed by atoms with Crippen LogP contribution in [-0.2, 0) is 4.74 Å². The van der Waals surface area contributed by atoms with Crippen LogP contribution in [-0.4, -0.2) is 22.4 Å². The normalized spacial score (nSPS) is 9.89. The summed E-state index contributed by atoms with van der Waals surface area (Å²) in [6, 6.07) is 1.49. The van der Waals surface area contributed by atoms with Gasteiger partial charge in [-0.1, -0.05) is 11.6 Å². The number of carbonyl (C=O) groups excluding carboxylic acids is 1. The summed E-state index contributed by atoms with van der Waals surface area (Å²) in [5.41, 5.74) is -1.87. The van der Waals surface area contributed by atoms with E-state index in [1.165, 1.54) is 0 Å². The van der Waals surface area contributed by atoms with Crippen molar-refractivity contribution in [2.24, 2.45) is 0 Å². The molecule has 9 heteroatoms. The van der Waals surface area contributed by atoms with Crippen molar-refractivity contribution in [1.82, 2.24) is 0 Å². The van der Waals surface area contributed by atoms with E-state index in [0.717, 1.165) is 12.1 Å². The Labute approximate surface area is 105 Å². The van der Waals surface area contributed by atoms with Gasteiger partial charge in [-0.2, -0.15) is 0 Å². The number of nitro benzene ring substituents is 2. The minimum atomic E-state index is -0.961. The Balaban J connectivity index is 3.41. The van der Waals surface area contributed by atoms with E-state index in [1.54, 1.807) is 6.92 Å². The van der Waals surface area contributed by atoms with Crippen LogP contribution in [0, 0.1) is 20.2 Å². The van der Waals surface area contributed by atoms with E-state index in [1.807, 2.05) is 0 Å². The number of ether oxygens (including phenoxy) is 1. The molecule has 8 nitrogen and oxygen atoms in total. The van der Waals surface area contributed by atoms with Gasteiger partial charge < -0.3 is 4.74 Å². The maximum atomic E-state index is 11.4. The van der Waals surface area contributed by atoms with Crippen LogP contribution in [0.5, 0.6) is 0 Å². The van der Waals surface area contributed by atoms with Crippen LogP contribution in [0.4, 0.5) is 11.4 Å². The fourth-order valence-electron chi connectivity index (χ4n) is 1.21. The van der Waals surface area contributed by atoms with Crippen molar-refractivity contribution < 1.29 is 19.4 Å². The standard InChI is InChI=1S/C9H7ClN2O6/c1-2-18-9(13)5-3-7(11(14)15)8(12(16)17)4-6(5)10/h3-4H,2H2,1H3. The van der Waals surface area contributed by atoms with E-state index < -0.39 is 27.2 Å². The molecular formula is C9H7ClN2O6. The maximum Gasteiger partial charge on any atom is 0.347 e. The maximum absolute atomic E-state index is 11.4. The van der Waals surface area contributed by atoms with Crippen LogP contribution in [0.25, 0.3) is 0 Å². The van der Waals surface area contributed by atoms with Crippen LogP contribution in [0.2, 0.25) is 5.02 Å². The van der Waals surface area contributed by atoms with Gasteiger partial charge >= 0.3 is 17.3 Å². The number of benzene rings is 1. The summed E-state index contributed by atoms with van der Waals surface area (Å²) in [6.45, 7) is 1.60. The summed E-state index contributed by atoms with van der Waals surface area (Å²) >= 11 is 5.65. The second-order valence-electron chi connectivity index (χ2n) is 3.06. The Morgan fingerprint density at radius 1 is 1.28 bits per heavy atom. The van der Waals surface area contributed by atoms with Crippen molar-refractivity contribution in [3.63, 3.8) is 0 Å². The van der Waals surface area contributed by atoms with Gasteiger partial charge in [-0.05, 0) is 6.92 Å². The third-order valence-corrected chi connectivity index (χ3v) is 2.27. The molecule has 0 spiro atoms. The Bertz CT molecular complexity index is 530. The first-order valence-electron chi connectivity index (χ1n) is 4.68. The Hall–Kier alpha value is -2.22. The van der Waals surface area contributed by atoms with Gasteiger partial charge in [-0.3, -0.25) is 20.2 Å². The fourth-order valence-corrected chi connectivity index (χ4v) is 1.44. The van der Waals surface area contributed by atoms with E-state index in [9.17, 15) is 25.0 Å². The lowest BCUT2D eigenvalue weighted by Gasteiger charge is -2.04. The third kappa shape index (κ3) is 2.72. The molecule has 0 fully saturated rings. The molecule has 0 bridgehead atoms. The molecule has 96 valence electrons. The average molecular weight is 275 g/mol. The zero-order chi connectivity index (χ0) is 13.9. The second kappa shape index (κ2) is 5.41. The first-order chi connectivity index (χ1) is 8.38. The first-order valence-corrected chi connectivity index (χ1v) is 5.05. The Kier molecular flexibility index (Phi) is 4.16. The Morgan fingerprint density at radius 2 is 1.78 bits per heavy atom. The molecule has 18 heavy (non-hydrogen) atoms. The van der Waals surface area contributed by atoms with Crippen LogP contribution in [0.15, 0.2) is 12.1 Å². The minimum absolute atomic E-state index is 0.0555. The zero-order valence-corrected chi connectivity index (χ0v) is 9.84. The summed E-state index contributed by atoms with van der Waals surface area (Å²) in [7, 11) is 0. The summed E-state index contributed by atoms with van der Waals surface area (Å²) in [5.74, 6) is -0.875. The highest BCUT2D eigenvalue weighted by Gasteiger charge is 2.28. The predicted molar refractivity (Wildman–Crippen MR) is 60.7 cm³/mol. The lowest BCUT2D eigenvalue weighted by Crippen LogP contribution is -2.07. The highest BCUT2D eigenvalue weighted by molar-refractivity contribution is 6.34. The van der Waals surface area contributed by atoms with Gasteiger partial charge in [-0.25, -0.2) is 4.79 Å². The fraction of sp³-hybridized carbons (Fsp3) is 0.222. The number of nitrogens with zero attached hydrogens (tertiary/aromatic N) is 2. The van der Waals surface area contributed by atoms with Gasteiger partial charge in [0.05, 0.1) is 27.0 Å². The zero-order valence-electron chi connectivity index (χ0n) is 9.08. The largest absolute Gasteiger partial charge is 0.462 e. The van der Waals surface area contributed by atoms with Crippen molar-refractivity contribution >= 4 is 28.9 Å². The van der Waals surface area contributed by atoms with Gasteiger partial charge in [0.25, 0.3) is 0 Å². The van der Waals surface area contributed by atoms with Crippen LogP contribution < -0.4 is 0 Å². The molecule has 0 radical (unpaired) electrons. The number of hydrogen-bond donors (Lipinski definition) is 0. The van der Waals surface area contributed by atoms with E-state index in [4.69, 9.17) is 11.6 Å². The molecule has 0 unspecified atom stereocenters. The number of nitro groups is 2. The van der Waals surface area contributed by atoms with Crippen molar-refractivity contribution in [3.05, 3.63) is 42.9 Å². The van der Waals surface area contributed by atoms with Crippen molar-refractivity contribution in [2.75, 3.05) is 6.61 Å². The molecule has 0 aliphatic rings. The molecule has 1 aromatic carbocycles. The van der Waals surface area contributed by atoms with Gasteiger partial charge in [0.15, 0.2) is 0 Å². The summed E-state index contributed by atoms with van der Waals surface area (Å²) in [4.78, 5) is 30.8. The number of hydrogen-bond acceptors (Lipinski definition) is 6. The van der Waals surface area contributed by atoms with Crippen molar-refractivity contribution in [3.8, 4) is 0 Å². The van der Waals surface area contributed by atoms with E-state index in [-0.39, 0.29) is 17.2 Å². The number of rotatable bonds is 4. The molecule has 1 aromatic rings. The monoisotopic (exact) mass is 274 g/mol. The van der Waals surface area contributed by atoms with Crippen LogP contribution >= 0.6 is 11.6 Å². The van der Waals surface area contributed by atoms with Gasteiger partial charge in [-0.15, -0.1) is 0 Å². The Morgan fingerprint density at radius 3 is 2.22 bits per heavy atom. The van der Waals surface area contributed by atoms with Gasteiger partial charge in [0.1, 0.15) is 0 Å². The summed E-state index contributed by atoms with van der Waals surface area (Å²) in [6.07, 6.45) is 0. The molecule has 0 heterocycles. The molecule has 0 saturated carbocycles. The van der Waals surface area contributed by atoms with Gasteiger partial charge in [0, 0.05) is 12.1 Å². The topological polar surface area (TPSA) is 113 Å². The lowest BCUT2D eigenvalue weighted by atomic mass is 10.1. The van der Waals surface area contributed by atoms with E-state index >= 15 is 0 Å². The van der Waals surface area contributed by atoms with E-state index in [2.05, 4.69) is 4.74 Å². The molecule has 0 saturated heterocycles. The first kappa shape index (κ1) is 13.8. The number of carbonyl (C=O) groups is 1. The van der Waals surface area contributed by atoms with Gasteiger partial charge in [0.2, 0.25) is 0 Å². The average Bonchev–Trinajstić information content (AvgIpc) is 2.28. The summed E-state index contributed by atoms with van der Waals surface area (Å²) < 4.78 is 4.63. The number of esters is 1. The third-order valence-electron chi connectivity index (χ3n) is 1.95. The molecule has 0 atom stereocenters. The molecule has 0 aromatic heterocycles. The molecule has 0 aliphatic carbocycles. The molecular weight excluding hydrogens is 268 g/mol. The smallest absolute Gasteiger partial charge is 0.347 e. The molecule has 0 amide bonds. The molecule has 1 rings (SSSR count). The predicted octanol–water partition coefficient (Wildman–Crippen LogP) is 2.33. The van der Waals surface area contributed by atoms with E-state index in [0.29, 0.717) is 0 Å². The SMILES string of the molecule is CCOC(=O)c1cc([N+](=O)[O-])c([N+](=O)[O-])cc1Cl. The minimum Gasteiger partial charge on any atom is -0.462 e. The van der Waals surface area contributed by atoms with Crippen LogP contribution in [0.3, 0.4) is 0 Å². The highest BCUT2D eigenvalue weighted by atomic mass is 35.5. The van der Waals surface area contributed by atoms with Crippen molar-refractivity contribution in [1.29, 1.82) is 0 Å². The van der Waals surface area contributed by atoms with Crippen LogP contribution in [0.1, 0.15) is 17.3 Å². The number of halogens is 1. The highest BCUT2D eigenvalue weighted by Crippen LogP contribution is 2.33. The molecule has 0 N–H and O–H groups in total. The second-order valence-corrected chi connectivity index (χ2v) is 3.46.